The lowest BCUT2D eigenvalue weighted by Gasteiger charge is -2.24. The second kappa shape index (κ2) is 7.73. The summed E-state index contributed by atoms with van der Waals surface area (Å²) in [4.78, 5) is 14.9. The first kappa shape index (κ1) is 15.5. The van der Waals surface area contributed by atoms with Gasteiger partial charge in [-0.3, -0.25) is 0 Å². The van der Waals surface area contributed by atoms with Gasteiger partial charge in [-0.05, 0) is 25.0 Å². The van der Waals surface area contributed by atoms with Crippen LogP contribution in [-0.2, 0) is 0 Å². The van der Waals surface area contributed by atoms with Gasteiger partial charge in [0, 0.05) is 31.9 Å². The summed E-state index contributed by atoms with van der Waals surface area (Å²) < 4.78 is 0. The van der Waals surface area contributed by atoms with E-state index in [4.69, 9.17) is 0 Å². The third-order valence-electron chi connectivity index (χ3n) is 3.94. The van der Waals surface area contributed by atoms with E-state index >= 15 is 0 Å². The summed E-state index contributed by atoms with van der Waals surface area (Å²) in [5, 5.41) is 16.0. The minimum atomic E-state index is 0.167. The summed E-state index contributed by atoms with van der Waals surface area (Å²) in [5.74, 6) is 2.53. The Bertz CT molecular complexity index is 609. The van der Waals surface area contributed by atoms with Crippen molar-refractivity contribution >= 4 is 17.5 Å². The highest BCUT2D eigenvalue weighted by Crippen LogP contribution is 2.24. The monoisotopic (exact) mass is 314 g/mol. The van der Waals surface area contributed by atoms with Crippen LogP contribution in [0.3, 0.4) is 0 Å². The molecule has 0 bridgehead atoms. The number of hydrogen-bond acceptors (Lipinski definition) is 7. The maximum absolute atomic E-state index is 9.43. The van der Waals surface area contributed by atoms with Gasteiger partial charge in [0.05, 0.1) is 12.6 Å². The van der Waals surface area contributed by atoms with Crippen molar-refractivity contribution in [3.8, 4) is 0 Å². The molecule has 0 unspecified atom stereocenters. The van der Waals surface area contributed by atoms with Gasteiger partial charge in [-0.2, -0.15) is 0 Å². The highest BCUT2D eigenvalue weighted by atomic mass is 16.3. The smallest absolute Gasteiger partial charge is 0.134 e. The van der Waals surface area contributed by atoms with Crippen LogP contribution in [0.2, 0.25) is 0 Å². The minimum Gasteiger partial charge on any atom is -0.394 e. The first-order valence-electron chi connectivity index (χ1n) is 7.95. The van der Waals surface area contributed by atoms with E-state index in [9.17, 15) is 5.11 Å². The van der Waals surface area contributed by atoms with Crippen LogP contribution in [0.1, 0.15) is 12.8 Å². The Hall–Kier alpha value is -2.41. The zero-order valence-corrected chi connectivity index (χ0v) is 13.0. The van der Waals surface area contributed by atoms with E-state index in [-0.39, 0.29) is 12.6 Å². The van der Waals surface area contributed by atoms with Crippen LogP contribution in [0.4, 0.5) is 17.5 Å². The van der Waals surface area contributed by atoms with Crippen LogP contribution in [0.15, 0.2) is 36.8 Å². The fourth-order valence-corrected chi connectivity index (χ4v) is 2.78. The molecule has 2 aromatic rings. The molecule has 0 amide bonds. The number of hydrogen-bond donors (Lipinski definition) is 3. The Morgan fingerprint density at radius 2 is 2.00 bits per heavy atom. The van der Waals surface area contributed by atoms with E-state index in [1.165, 1.54) is 0 Å². The number of aliphatic hydroxyl groups is 1. The summed E-state index contributed by atoms with van der Waals surface area (Å²) in [6.07, 6.45) is 5.43. The SMILES string of the molecule is OC[C@H]1CCCN1c1cc(NCCNc2ccccn2)ncn1. The zero-order chi connectivity index (χ0) is 15.9. The molecule has 3 N–H and O–H groups in total. The first-order chi connectivity index (χ1) is 11.4. The fourth-order valence-electron chi connectivity index (χ4n) is 2.78. The second-order valence-corrected chi connectivity index (χ2v) is 5.50. The minimum absolute atomic E-state index is 0.167. The molecule has 23 heavy (non-hydrogen) atoms. The van der Waals surface area contributed by atoms with Crippen molar-refractivity contribution in [2.45, 2.75) is 18.9 Å². The predicted octanol–water partition coefficient (Wildman–Crippen LogP) is 1.36. The van der Waals surface area contributed by atoms with Crippen LogP contribution in [-0.4, -0.2) is 52.3 Å². The fraction of sp³-hybridized carbons (Fsp3) is 0.438. The normalized spacial score (nSPS) is 17.3. The van der Waals surface area contributed by atoms with Gasteiger partial charge in [0.15, 0.2) is 0 Å². The van der Waals surface area contributed by atoms with E-state index in [2.05, 4.69) is 30.5 Å². The lowest BCUT2D eigenvalue weighted by molar-refractivity contribution is 0.266. The molecule has 0 spiro atoms. The molecule has 0 radical (unpaired) electrons. The quantitative estimate of drug-likeness (QED) is 0.665. The van der Waals surface area contributed by atoms with Crippen molar-refractivity contribution in [2.75, 3.05) is 41.8 Å². The van der Waals surface area contributed by atoms with Crippen molar-refractivity contribution in [3.05, 3.63) is 36.8 Å². The van der Waals surface area contributed by atoms with E-state index in [0.29, 0.717) is 0 Å². The van der Waals surface area contributed by atoms with Crippen molar-refractivity contribution in [3.63, 3.8) is 0 Å². The summed E-state index contributed by atoms with van der Waals surface area (Å²) in [6.45, 7) is 2.58. The molecule has 7 nitrogen and oxygen atoms in total. The average molecular weight is 314 g/mol. The molecular weight excluding hydrogens is 292 g/mol. The van der Waals surface area contributed by atoms with E-state index in [1.54, 1.807) is 12.5 Å². The molecule has 1 saturated heterocycles. The molecule has 3 heterocycles. The Morgan fingerprint density at radius 1 is 1.13 bits per heavy atom. The largest absolute Gasteiger partial charge is 0.394 e. The Kier molecular flexibility index (Phi) is 5.21. The third-order valence-corrected chi connectivity index (χ3v) is 3.94. The molecule has 0 aliphatic carbocycles. The van der Waals surface area contributed by atoms with Crippen molar-refractivity contribution in [1.82, 2.24) is 15.0 Å². The Morgan fingerprint density at radius 3 is 2.78 bits per heavy atom. The molecule has 1 aliphatic rings. The first-order valence-corrected chi connectivity index (χ1v) is 7.95. The van der Waals surface area contributed by atoms with Crippen LogP contribution < -0.4 is 15.5 Å². The number of aliphatic hydroxyl groups excluding tert-OH is 1. The van der Waals surface area contributed by atoms with Gasteiger partial charge >= 0.3 is 0 Å². The maximum Gasteiger partial charge on any atom is 0.134 e. The summed E-state index contributed by atoms with van der Waals surface area (Å²) in [5.41, 5.74) is 0. The van der Waals surface area contributed by atoms with Crippen LogP contribution in [0, 0.1) is 0 Å². The topological polar surface area (TPSA) is 86.2 Å². The van der Waals surface area contributed by atoms with Gasteiger partial charge in [0.25, 0.3) is 0 Å². The van der Waals surface area contributed by atoms with Gasteiger partial charge in [-0.25, -0.2) is 15.0 Å². The number of anilines is 3. The lowest BCUT2D eigenvalue weighted by Crippen LogP contribution is -2.32. The molecule has 1 fully saturated rings. The summed E-state index contributed by atoms with van der Waals surface area (Å²) >= 11 is 0. The van der Waals surface area contributed by atoms with Crippen LogP contribution in [0.5, 0.6) is 0 Å². The maximum atomic E-state index is 9.43. The lowest BCUT2D eigenvalue weighted by atomic mass is 10.2. The summed E-state index contributed by atoms with van der Waals surface area (Å²) in [6, 6.07) is 7.89. The molecular formula is C16H22N6O. The van der Waals surface area contributed by atoms with Crippen LogP contribution in [0.25, 0.3) is 0 Å². The highest BCUT2D eigenvalue weighted by molar-refractivity contribution is 5.50. The van der Waals surface area contributed by atoms with Gasteiger partial charge < -0.3 is 20.6 Å². The van der Waals surface area contributed by atoms with E-state index in [1.807, 2.05) is 24.3 Å². The van der Waals surface area contributed by atoms with Gasteiger partial charge in [0.1, 0.15) is 23.8 Å². The van der Waals surface area contributed by atoms with E-state index < -0.39 is 0 Å². The second-order valence-electron chi connectivity index (χ2n) is 5.50. The Labute approximate surface area is 135 Å². The van der Waals surface area contributed by atoms with Gasteiger partial charge in [0.2, 0.25) is 0 Å². The van der Waals surface area contributed by atoms with Crippen molar-refractivity contribution in [2.24, 2.45) is 0 Å². The average Bonchev–Trinajstić information content (AvgIpc) is 3.09. The molecule has 1 atom stereocenters. The molecule has 0 aromatic carbocycles. The van der Waals surface area contributed by atoms with Crippen molar-refractivity contribution in [1.29, 1.82) is 0 Å². The van der Waals surface area contributed by atoms with Gasteiger partial charge in [-0.15, -0.1) is 0 Å². The molecule has 2 aromatic heterocycles. The summed E-state index contributed by atoms with van der Waals surface area (Å²) in [7, 11) is 0. The Balaban J connectivity index is 1.51. The zero-order valence-electron chi connectivity index (χ0n) is 13.0. The number of nitrogens with zero attached hydrogens (tertiary/aromatic N) is 4. The molecule has 1 aliphatic heterocycles. The van der Waals surface area contributed by atoms with E-state index in [0.717, 1.165) is 49.9 Å². The molecule has 7 heteroatoms. The third kappa shape index (κ3) is 4.07. The molecule has 122 valence electrons. The standard InChI is InChI=1S/C16H22N6O/c23-11-13-4-3-9-22(13)16-10-15(20-12-21-16)19-8-7-18-14-5-1-2-6-17-14/h1-2,5-6,10,12-13,23H,3-4,7-9,11H2,(H,17,18)(H,19,20,21)/t13-/m1/s1. The number of nitrogens with one attached hydrogen (secondary N) is 2. The number of rotatable bonds is 7. The highest BCUT2D eigenvalue weighted by Gasteiger charge is 2.24. The van der Waals surface area contributed by atoms with Crippen LogP contribution >= 0.6 is 0 Å². The molecule has 0 saturated carbocycles. The van der Waals surface area contributed by atoms with Gasteiger partial charge in [-0.1, -0.05) is 6.07 Å². The van der Waals surface area contributed by atoms with Crippen molar-refractivity contribution < 1.29 is 5.11 Å². The number of pyridine rings is 1. The molecule has 3 rings (SSSR count). The number of aromatic nitrogens is 3. The predicted molar refractivity (Wildman–Crippen MR) is 90.7 cm³/mol.